The van der Waals surface area contributed by atoms with Gasteiger partial charge in [0.05, 0.1) is 6.42 Å². The van der Waals surface area contributed by atoms with Crippen LogP contribution >= 0.6 is 0 Å². The zero-order chi connectivity index (χ0) is 24.6. The van der Waals surface area contributed by atoms with Gasteiger partial charge in [-0.05, 0) is 22.8 Å². The van der Waals surface area contributed by atoms with Crippen LogP contribution in [0.5, 0.6) is 5.75 Å². The fourth-order valence-electron chi connectivity index (χ4n) is 3.11. The number of ether oxygens (including phenoxy) is 1. The topological polar surface area (TPSA) is 118 Å². The minimum Gasteiger partial charge on any atom is -0.481 e. The number of aliphatic carboxylic acids is 1. The highest BCUT2D eigenvalue weighted by molar-refractivity contribution is 7.87. The zero-order valence-corrected chi connectivity index (χ0v) is 18.8. The Morgan fingerprint density at radius 3 is 1.88 bits per heavy atom. The predicted octanol–water partition coefficient (Wildman–Crippen LogP) is 4.66. The summed E-state index contributed by atoms with van der Waals surface area (Å²) < 4.78 is 37.8. The Balaban J connectivity index is 2.01. The smallest absolute Gasteiger partial charge is 0.332 e. The van der Waals surface area contributed by atoms with E-state index in [1.165, 1.54) is 6.07 Å². The lowest BCUT2D eigenvalue weighted by Crippen LogP contribution is -2.35. The van der Waals surface area contributed by atoms with Crippen LogP contribution in [0, 0.1) is 0 Å². The van der Waals surface area contributed by atoms with Gasteiger partial charge >= 0.3 is 11.9 Å². The number of carbonyl (C=O) groups excluding carboxylic acids is 1. The minimum absolute atomic E-state index is 0.0198. The van der Waals surface area contributed by atoms with Crippen molar-refractivity contribution in [1.29, 1.82) is 0 Å². The second kappa shape index (κ2) is 11.2. The normalized spacial score (nSPS) is 12.6. The van der Waals surface area contributed by atoms with Crippen molar-refractivity contribution in [2.75, 3.05) is 0 Å². The van der Waals surface area contributed by atoms with Gasteiger partial charge in [-0.2, -0.15) is 8.42 Å². The fourth-order valence-corrected chi connectivity index (χ4v) is 3.75. The molecule has 0 saturated carbocycles. The lowest BCUT2D eigenvalue weighted by atomic mass is 10.0. The van der Waals surface area contributed by atoms with Crippen LogP contribution in [-0.4, -0.2) is 35.3 Å². The SMILES string of the molecule is O=C(O)CC(C(=O)Oc1cccc(/C=C/c2ccccc2)c1/C=C/c1ccccc1)S(=O)(=O)O. The van der Waals surface area contributed by atoms with Crippen LogP contribution in [0.25, 0.3) is 24.3 Å². The highest BCUT2D eigenvalue weighted by atomic mass is 32.2. The highest BCUT2D eigenvalue weighted by Crippen LogP contribution is 2.28. The number of carboxylic acid groups (broad SMARTS) is 1. The molecule has 0 amide bonds. The van der Waals surface area contributed by atoms with Crippen LogP contribution in [0.2, 0.25) is 0 Å². The Morgan fingerprint density at radius 1 is 0.794 bits per heavy atom. The van der Waals surface area contributed by atoms with E-state index in [1.54, 1.807) is 24.3 Å². The van der Waals surface area contributed by atoms with E-state index in [0.29, 0.717) is 11.1 Å². The molecule has 174 valence electrons. The Bertz CT molecular complexity index is 1310. The second-order valence-electron chi connectivity index (χ2n) is 7.27. The molecule has 3 aromatic carbocycles. The van der Waals surface area contributed by atoms with Crippen molar-refractivity contribution in [3.8, 4) is 5.75 Å². The van der Waals surface area contributed by atoms with Crippen LogP contribution in [0.4, 0.5) is 0 Å². The third-order valence-corrected chi connectivity index (χ3v) is 5.87. The van der Waals surface area contributed by atoms with E-state index >= 15 is 0 Å². The third-order valence-electron chi connectivity index (χ3n) is 4.79. The Morgan fingerprint density at radius 2 is 1.35 bits per heavy atom. The molecule has 2 N–H and O–H groups in total. The van der Waals surface area contributed by atoms with E-state index in [2.05, 4.69) is 0 Å². The van der Waals surface area contributed by atoms with Crippen molar-refractivity contribution in [1.82, 2.24) is 0 Å². The Labute approximate surface area is 197 Å². The van der Waals surface area contributed by atoms with Gasteiger partial charge < -0.3 is 9.84 Å². The molecular formula is C26H22O7S. The summed E-state index contributed by atoms with van der Waals surface area (Å²) >= 11 is 0. The van der Waals surface area contributed by atoms with Gasteiger partial charge in [-0.1, -0.05) is 97.1 Å². The van der Waals surface area contributed by atoms with Crippen molar-refractivity contribution in [3.63, 3.8) is 0 Å². The van der Waals surface area contributed by atoms with Gasteiger partial charge in [-0.3, -0.25) is 14.1 Å². The maximum atomic E-state index is 12.5. The molecule has 0 radical (unpaired) electrons. The van der Waals surface area contributed by atoms with Gasteiger partial charge in [0, 0.05) is 5.56 Å². The molecule has 0 aliphatic rings. The number of rotatable bonds is 9. The molecule has 1 atom stereocenters. The van der Waals surface area contributed by atoms with Gasteiger partial charge in [0.2, 0.25) is 0 Å². The van der Waals surface area contributed by atoms with Crippen molar-refractivity contribution >= 4 is 46.4 Å². The molecule has 0 aliphatic heterocycles. The summed E-state index contributed by atoms with van der Waals surface area (Å²) in [4.78, 5) is 23.6. The quantitative estimate of drug-likeness (QED) is 0.199. The van der Waals surface area contributed by atoms with Crippen molar-refractivity contribution in [2.24, 2.45) is 0 Å². The number of hydrogen-bond acceptors (Lipinski definition) is 5. The molecule has 8 heteroatoms. The fraction of sp³-hybridized carbons (Fsp3) is 0.0769. The van der Waals surface area contributed by atoms with Gasteiger partial charge in [0.1, 0.15) is 5.75 Å². The van der Waals surface area contributed by atoms with E-state index in [1.807, 2.05) is 72.8 Å². The first-order chi connectivity index (χ1) is 16.2. The van der Waals surface area contributed by atoms with Gasteiger partial charge in [-0.25, -0.2) is 0 Å². The molecule has 34 heavy (non-hydrogen) atoms. The summed E-state index contributed by atoms with van der Waals surface area (Å²) in [5.41, 5.74) is 2.96. The van der Waals surface area contributed by atoms with Gasteiger partial charge in [-0.15, -0.1) is 0 Å². The van der Waals surface area contributed by atoms with E-state index in [-0.39, 0.29) is 5.75 Å². The molecule has 0 aliphatic carbocycles. The molecule has 0 bridgehead atoms. The van der Waals surface area contributed by atoms with Crippen LogP contribution in [0.3, 0.4) is 0 Å². The molecule has 0 aromatic heterocycles. The van der Waals surface area contributed by atoms with E-state index in [0.717, 1.165) is 11.1 Å². The number of hydrogen-bond donors (Lipinski definition) is 2. The lowest BCUT2D eigenvalue weighted by Gasteiger charge is -2.14. The van der Waals surface area contributed by atoms with E-state index < -0.39 is 33.7 Å². The molecule has 0 saturated heterocycles. The van der Waals surface area contributed by atoms with Crippen LogP contribution in [0.15, 0.2) is 78.9 Å². The summed E-state index contributed by atoms with van der Waals surface area (Å²) in [6.07, 6.45) is 6.06. The van der Waals surface area contributed by atoms with E-state index in [9.17, 15) is 22.6 Å². The van der Waals surface area contributed by atoms with Crippen molar-refractivity contribution < 1.29 is 32.4 Å². The standard InChI is InChI=1S/C26H22O7S/c27-25(28)18-24(34(30,31)32)26(29)33-23-13-7-12-21(16-14-19-8-3-1-4-9-19)22(23)17-15-20-10-5-2-6-11-20/h1-17,24H,18H2,(H,27,28)(H,30,31,32)/b16-14+,17-15+. The highest BCUT2D eigenvalue weighted by Gasteiger charge is 2.35. The molecule has 0 fully saturated rings. The third kappa shape index (κ3) is 6.99. The first kappa shape index (κ1) is 24.6. The molecular weight excluding hydrogens is 456 g/mol. The van der Waals surface area contributed by atoms with Gasteiger partial charge in [0.25, 0.3) is 10.1 Å². The number of benzene rings is 3. The number of carbonyl (C=O) groups is 2. The maximum Gasteiger partial charge on any atom is 0.332 e. The summed E-state index contributed by atoms with van der Waals surface area (Å²) in [6, 6.07) is 23.8. The maximum absolute atomic E-state index is 12.5. The molecule has 0 heterocycles. The largest absolute Gasteiger partial charge is 0.481 e. The molecule has 0 spiro atoms. The van der Waals surface area contributed by atoms with Crippen LogP contribution in [0.1, 0.15) is 28.7 Å². The Hall–Kier alpha value is -4.01. The first-order valence-electron chi connectivity index (χ1n) is 10.2. The average molecular weight is 479 g/mol. The van der Waals surface area contributed by atoms with Crippen LogP contribution < -0.4 is 4.74 Å². The summed E-state index contributed by atoms with van der Waals surface area (Å²) in [6.45, 7) is 0. The summed E-state index contributed by atoms with van der Waals surface area (Å²) in [7, 11) is -4.99. The second-order valence-corrected chi connectivity index (χ2v) is 8.87. The molecule has 1 unspecified atom stereocenters. The molecule has 3 aromatic rings. The van der Waals surface area contributed by atoms with E-state index in [4.69, 9.17) is 9.84 Å². The average Bonchev–Trinajstić information content (AvgIpc) is 2.81. The van der Waals surface area contributed by atoms with Gasteiger partial charge in [0.15, 0.2) is 5.25 Å². The monoisotopic (exact) mass is 478 g/mol. The first-order valence-corrected chi connectivity index (χ1v) is 11.7. The summed E-state index contributed by atoms with van der Waals surface area (Å²) in [5.74, 6) is -2.93. The Kier molecular flexibility index (Phi) is 8.13. The zero-order valence-electron chi connectivity index (χ0n) is 17.9. The molecule has 3 rings (SSSR count). The van der Waals surface area contributed by atoms with Crippen molar-refractivity contribution in [3.05, 3.63) is 101 Å². The minimum atomic E-state index is -4.99. The van der Waals surface area contributed by atoms with Crippen molar-refractivity contribution in [2.45, 2.75) is 11.7 Å². The van der Waals surface area contributed by atoms with Crippen LogP contribution in [-0.2, 0) is 19.7 Å². The number of esters is 1. The predicted molar refractivity (Wildman–Crippen MR) is 130 cm³/mol. The lowest BCUT2D eigenvalue weighted by molar-refractivity contribution is -0.142. The summed E-state index contributed by atoms with van der Waals surface area (Å²) in [5, 5.41) is 6.70. The molecule has 7 nitrogen and oxygen atoms in total. The number of carboxylic acids is 1.